The first-order valence-electron chi connectivity index (χ1n) is 10.8. The largest absolute Gasteiger partial charge is 0.495 e. The molecule has 4 rings (SSSR count). The number of para-hydroxylation sites is 3. The second-order valence-corrected chi connectivity index (χ2v) is 10.6. The summed E-state index contributed by atoms with van der Waals surface area (Å²) in [6.07, 6.45) is 0. The molecule has 0 saturated carbocycles. The summed E-state index contributed by atoms with van der Waals surface area (Å²) in [4.78, 5) is 16.9. The van der Waals surface area contributed by atoms with Crippen LogP contribution in [-0.2, 0) is 14.8 Å². The number of anilines is 2. The van der Waals surface area contributed by atoms with Crippen molar-refractivity contribution < 1.29 is 22.4 Å². The van der Waals surface area contributed by atoms with Crippen LogP contribution in [0.25, 0.3) is 11.1 Å². The fourth-order valence-electron chi connectivity index (χ4n) is 3.48. The van der Waals surface area contributed by atoms with Crippen LogP contribution < -0.4 is 14.8 Å². The second-order valence-electron chi connectivity index (χ2n) is 7.99. The van der Waals surface area contributed by atoms with Gasteiger partial charge in [-0.15, -0.1) is 0 Å². The minimum Gasteiger partial charge on any atom is -0.495 e. The zero-order chi connectivity index (χ0) is 25.0. The molecule has 1 heterocycles. The molecule has 1 amide bonds. The Bertz CT molecular complexity index is 1470. The van der Waals surface area contributed by atoms with Gasteiger partial charge in [0.25, 0.3) is 15.2 Å². The number of oxazole rings is 1. The Kier molecular flexibility index (Phi) is 7.32. The highest BCUT2D eigenvalue weighted by Crippen LogP contribution is 2.29. The van der Waals surface area contributed by atoms with Crippen molar-refractivity contribution in [3.63, 3.8) is 0 Å². The van der Waals surface area contributed by atoms with Gasteiger partial charge in [-0.25, -0.2) is 13.4 Å². The highest BCUT2D eigenvalue weighted by Gasteiger charge is 2.19. The molecule has 35 heavy (non-hydrogen) atoms. The maximum atomic E-state index is 12.9. The molecule has 0 spiro atoms. The lowest BCUT2D eigenvalue weighted by molar-refractivity contribution is -0.113. The number of thioether (sulfide) groups is 1. The third kappa shape index (κ3) is 5.77. The van der Waals surface area contributed by atoms with Gasteiger partial charge in [0.2, 0.25) is 5.91 Å². The Morgan fingerprint density at radius 1 is 1.06 bits per heavy atom. The van der Waals surface area contributed by atoms with Crippen LogP contribution in [0.2, 0.25) is 0 Å². The minimum atomic E-state index is -3.88. The molecule has 182 valence electrons. The highest BCUT2D eigenvalue weighted by atomic mass is 32.2. The maximum Gasteiger partial charge on any atom is 0.262 e. The van der Waals surface area contributed by atoms with Gasteiger partial charge in [-0.3, -0.25) is 9.52 Å². The standard InChI is InChI=1S/C25H25N3O5S2/c1-16(2)18-8-4-5-9-19(18)26-24(29)15-34-25-27-21-14-17(12-13-23(21)33-25)35(30,31)28-20-10-6-7-11-22(20)32-3/h4-14,16,28H,15H2,1-3H3,(H,26,29). The summed E-state index contributed by atoms with van der Waals surface area (Å²) < 4.78 is 39.2. The topological polar surface area (TPSA) is 111 Å². The number of hydrogen-bond acceptors (Lipinski definition) is 7. The van der Waals surface area contributed by atoms with Crippen molar-refractivity contribution in [1.82, 2.24) is 4.98 Å². The molecular weight excluding hydrogens is 486 g/mol. The third-order valence-electron chi connectivity index (χ3n) is 5.18. The van der Waals surface area contributed by atoms with Crippen molar-refractivity contribution >= 4 is 50.2 Å². The van der Waals surface area contributed by atoms with Crippen molar-refractivity contribution in [3.05, 3.63) is 72.3 Å². The Morgan fingerprint density at radius 2 is 1.77 bits per heavy atom. The fourth-order valence-corrected chi connectivity index (χ4v) is 5.20. The molecule has 8 nitrogen and oxygen atoms in total. The number of carbonyl (C=O) groups excluding carboxylic acids is 1. The predicted molar refractivity (Wildman–Crippen MR) is 138 cm³/mol. The number of amides is 1. The summed E-state index contributed by atoms with van der Waals surface area (Å²) in [6, 6.07) is 18.8. The van der Waals surface area contributed by atoms with Crippen molar-refractivity contribution in [1.29, 1.82) is 0 Å². The molecule has 1 aromatic heterocycles. The highest BCUT2D eigenvalue weighted by molar-refractivity contribution is 7.99. The average molecular weight is 512 g/mol. The zero-order valence-corrected chi connectivity index (χ0v) is 21.1. The van der Waals surface area contributed by atoms with Crippen molar-refractivity contribution in [2.45, 2.75) is 29.9 Å². The van der Waals surface area contributed by atoms with Crippen LogP contribution in [0.3, 0.4) is 0 Å². The Hall–Kier alpha value is -3.50. The van der Waals surface area contributed by atoms with Crippen LogP contribution in [0, 0.1) is 0 Å². The van der Waals surface area contributed by atoms with Crippen molar-refractivity contribution in [3.8, 4) is 5.75 Å². The van der Waals surface area contributed by atoms with Gasteiger partial charge in [-0.2, -0.15) is 0 Å². The van der Waals surface area contributed by atoms with Crippen molar-refractivity contribution in [2.24, 2.45) is 0 Å². The number of benzene rings is 3. The molecule has 0 atom stereocenters. The van der Waals surface area contributed by atoms with Gasteiger partial charge >= 0.3 is 0 Å². The molecule has 2 N–H and O–H groups in total. The molecule has 0 fully saturated rings. The van der Waals surface area contributed by atoms with Gasteiger partial charge in [-0.1, -0.05) is 55.9 Å². The van der Waals surface area contributed by atoms with Crippen LogP contribution in [-0.4, -0.2) is 32.2 Å². The molecule has 4 aromatic rings. The average Bonchev–Trinajstić information content (AvgIpc) is 3.25. The van der Waals surface area contributed by atoms with E-state index in [4.69, 9.17) is 9.15 Å². The van der Waals surface area contributed by atoms with Gasteiger partial charge in [0.05, 0.1) is 23.4 Å². The molecule has 0 aliphatic carbocycles. The second kappa shape index (κ2) is 10.4. The van der Waals surface area contributed by atoms with E-state index in [2.05, 4.69) is 28.9 Å². The molecule has 0 radical (unpaired) electrons. The zero-order valence-electron chi connectivity index (χ0n) is 19.4. The van der Waals surface area contributed by atoms with Crippen LogP contribution in [0.1, 0.15) is 25.3 Å². The number of aromatic nitrogens is 1. The van der Waals surface area contributed by atoms with E-state index >= 15 is 0 Å². The summed E-state index contributed by atoms with van der Waals surface area (Å²) in [5.41, 5.74) is 2.97. The Labute approximate surface area is 208 Å². The first-order valence-corrected chi connectivity index (χ1v) is 13.3. The van der Waals surface area contributed by atoms with E-state index in [0.717, 1.165) is 23.0 Å². The lowest BCUT2D eigenvalue weighted by Gasteiger charge is -2.13. The van der Waals surface area contributed by atoms with Crippen LogP contribution in [0.15, 0.2) is 81.3 Å². The number of fused-ring (bicyclic) bond motifs is 1. The van der Waals surface area contributed by atoms with Gasteiger partial charge in [0.1, 0.15) is 11.3 Å². The van der Waals surface area contributed by atoms with Crippen LogP contribution >= 0.6 is 11.8 Å². The SMILES string of the molecule is COc1ccccc1NS(=O)(=O)c1ccc2oc(SCC(=O)Nc3ccccc3C(C)C)nc2c1. The fraction of sp³-hybridized carbons (Fsp3) is 0.200. The van der Waals surface area contributed by atoms with Gasteiger partial charge < -0.3 is 14.5 Å². The Balaban J connectivity index is 1.46. The van der Waals surface area contributed by atoms with Gasteiger partial charge in [-0.05, 0) is 47.9 Å². The van der Waals surface area contributed by atoms with Gasteiger partial charge in [0, 0.05) is 5.69 Å². The lowest BCUT2D eigenvalue weighted by Crippen LogP contribution is -2.15. The third-order valence-corrected chi connectivity index (χ3v) is 7.38. The Morgan fingerprint density at radius 3 is 2.51 bits per heavy atom. The first kappa shape index (κ1) is 24.6. The summed E-state index contributed by atoms with van der Waals surface area (Å²) in [5.74, 6) is 0.597. The number of methoxy groups -OCH3 is 1. The first-order chi connectivity index (χ1) is 16.8. The van der Waals surface area contributed by atoms with E-state index in [1.165, 1.54) is 19.2 Å². The van der Waals surface area contributed by atoms with E-state index in [1.54, 1.807) is 30.3 Å². The molecular formula is C25H25N3O5S2. The molecule has 0 aliphatic rings. The smallest absolute Gasteiger partial charge is 0.262 e. The molecule has 0 unspecified atom stereocenters. The van der Waals surface area contributed by atoms with Crippen LogP contribution in [0.5, 0.6) is 5.75 Å². The monoisotopic (exact) mass is 511 g/mol. The normalized spacial score (nSPS) is 11.5. The predicted octanol–water partition coefficient (Wildman–Crippen LogP) is 5.49. The van der Waals surface area contributed by atoms with E-state index in [0.29, 0.717) is 22.5 Å². The number of nitrogens with zero attached hydrogens (tertiary/aromatic N) is 1. The van der Waals surface area contributed by atoms with E-state index in [-0.39, 0.29) is 27.7 Å². The number of rotatable bonds is 9. The molecule has 0 bridgehead atoms. The van der Waals surface area contributed by atoms with E-state index in [1.807, 2.05) is 24.3 Å². The number of nitrogens with one attached hydrogen (secondary N) is 2. The summed E-state index contributed by atoms with van der Waals surface area (Å²) in [5, 5.41) is 3.21. The molecule has 0 saturated heterocycles. The summed E-state index contributed by atoms with van der Waals surface area (Å²) >= 11 is 1.14. The number of carbonyl (C=O) groups is 1. The van der Waals surface area contributed by atoms with Crippen molar-refractivity contribution in [2.75, 3.05) is 22.9 Å². The van der Waals surface area contributed by atoms with E-state index in [9.17, 15) is 13.2 Å². The summed E-state index contributed by atoms with van der Waals surface area (Å²) in [6.45, 7) is 4.14. The maximum absolute atomic E-state index is 12.9. The number of ether oxygens (including phenoxy) is 1. The molecule has 0 aliphatic heterocycles. The quantitative estimate of drug-likeness (QED) is 0.286. The number of sulfonamides is 1. The van der Waals surface area contributed by atoms with E-state index < -0.39 is 10.0 Å². The van der Waals surface area contributed by atoms with Crippen LogP contribution in [0.4, 0.5) is 11.4 Å². The minimum absolute atomic E-state index is 0.0313. The lowest BCUT2D eigenvalue weighted by atomic mass is 10.0. The molecule has 10 heteroatoms. The van der Waals surface area contributed by atoms with Gasteiger partial charge in [0.15, 0.2) is 5.58 Å². The summed E-state index contributed by atoms with van der Waals surface area (Å²) in [7, 11) is -2.41. The molecule has 3 aromatic carbocycles. The number of hydrogen-bond donors (Lipinski definition) is 2.